The number of rotatable bonds is 3. The Morgan fingerprint density at radius 1 is 1.30 bits per heavy atom. The first-order valence-electron chi connectivity index (χ1n) is 8.23. The topological polar surface area (TPSA) is 28.2 Å². The average Bonchev–Trinajstić information content (AvgIpc) is 3.22. The Kier molecular flexibility index (Phi) is 3.27. The Labute approximate surface area is 121 Å². The van der Waals surface area contributed by atoms with Gasteiger partial charge in [-0.05, 0) is 43.2 Å². The van der Waals surface area contributed by atoms with E-state index in [0.717, 1.165) is 18.5 Å². The van der Waals surface area contributed by atoms with Gasteiger partial charge < -0.3 is 5.32 Å². The van der Waals surface area contributed by atoms with E-state index < -0.39 is 0 Å². The number of piperazine rings is 1. The second-order valence-corrected chi connectivity index (χ2v) is 7.04. The van der Waals surface area contributed by atoms with Crippen molar-refractivity contribution >= 4 is 0 Å². The summed E-state index contributed by atoms with van der Waals surface area (Å²) in [6, 6.07) is 5.04. The average molecular weight is 271 g/mol. The van der Waals surface area contributed by atoms with Crippen LogP contribution < -0.4 is 5.32 Å². The van der Waals surface area contributed by atoms with Crippen molar-refractivity contribution in [3.63, 3.8) is 0 Å². The highest BCUT2D eigenvalue weighted by Gasteiger charge is 2.45. The molecule has 1 unspecified atom stereocenters. The molecular formula is C17H25N3. The fraction of sp³-hybridized carbons (Fsp3) is 0.706. The van der Waals surface area contributed by atoms with Crippen LogP contribution in [0.1, 0.15) is 44.1 Å². The lowest BCUT2D eigenvalue weighted by Gasteiger charge is -2.46. The van der Waals surface area contributed by atoms with E-state index in [4.69, 9.17) is 0 Å². The van der Waals surface area contributed by atoms with Gasteiger partial charge in [0, 0.05) is 43.6 Å². The van der Waals surface area contributed by atoms with Crippen molar-refractivity contribution in [1.82, 2.24) is 15.2 Å². The second kappa shape index (κ2) is 5.12. The van der Waals surface area contributed by atoms with Crippen molar-refractivity contribution in [3.05, 3.63) is 30.1 Å². The summed E-state index contributed by atoms with van der Waals surface area (Å²) in [5.41, 5.74) is 1.79. The zero-order valence-corrected chi connectivity index (χ0v) is 12.2. The number of hydrogen-bond acceptors (Lipinski definition) is 3. The summed E-state index contributed by atoms with van der Waals surface area (Å²) in [6.45, 7) is 3.52. The molecule has 3 aliphatic rings. The highest BCUT2D eigenvalue weighted by molar-refractivity contribution is 5.11. The van der Waals surface area contributed by atoms with Crippen LogP contribution in [-0.4, -0.2) is 34.6 Å². The molecule has 0 radical (unpaired) electrons. The summed E-state index contributed by atoms with van der Waals surface area (Å²) < 4.78 is 0. The molecule has 1 aliphatic heterocycles. The van der Waals surface area contributed by atoms with Crippen LogP contribution in [0.15, 0.2) is 24.5 Å². The predicted octanol–water partition coefficient (Wildman–Crippen LogP) is 2.58. The third-order valence-corrected chi connectivity index (χ3v) is 5.50. The minimum Gasteiger partial charge on any atom is -0.308 e. The maximum Gasteiger partial charge on any atom is 0.0312 e. The highest BCUT2D eigenvalue weighted by atomic mass is 15.3. The van der Waals surface area contributed by atoms with Gasteiger partial charge in [-0.1, -0.05) is 18.9 Å². The van der Waals surface area contributed by atoms with Gasteiger partial charge in [-0.3, -0.25) is 9.88 Å². The normalized spacial score (nSPS) is 29.9. The Hall–Kier alpha value is -0.930. The van der Waals surface area contributed by atoms with Crippen molar-refractivity contribution < 1.29 is 0 Å². The Morgan fingerprint density at radius 2 is 2.15 bits per heavy atom. The molecule has 0 aromatic carbocycles. The number of nitrogens with zero attached hydrogens (tertiary/aromatic N) is 2. The highest BCUT2D eigenvalue weighted by Crippen LogP contribution is 2.40. The van der Waals surface area contributed by atoms with E-state index in [1.54, 1.807) is 0 Å². The molecule has 1 saturated heterocycles. The quantitative estimate of drug-likeness (QED) is 0.916. The number of hydrogen-bond donors (Lipinski definition) is 1. The van der Waals surface area contributed by atoms with E-state index in [0.29, 0.717) is 5.54 Å². The summed E-state index contributed by atoms with van der Waals surface area (Å²) in [5.74, 6) is 0.943. The second-order valence-electron chi connectivity index (χ2n) is 7.04. The first-order chi connectivity index (χ1) is 9.85. The molecule has 1 aromatic rings. The maximum absolute atomic E-state index is 4.28. The fourth-order valence-corrected chi connectivity index (χ4v) is 4.24. The van der Waals surface area contributed by atoms with Crippen molar-refractivity contribution in [1.29, 1.82) is 0 Å². The fourth-order valence-electron chi connectivity index (χ4n) is 4.24. The summed E-state index contributed by atoms with van der Waals surface area (Å²) in [5, 5.41) is 3.92. The smallest absolute Gasteiger partial charge is 0.0312 e. The molecule has 1 N–H and O–H groups in total. The largest absolute Gasteiger partial charge is 0.308 e. The standard InChI is InChI=1S/C17H25N3/c1-2-8-17(7-1)13-20(12-14-4-3-9-18-10-14)16(11-19-17)15-5-6-15/h3-4,9-10,15-16,19H,1-2,5-8,11-13H2. The molecular weight excluding hydrogens is 246 g/mol. The monoisotopic (exact) mass is 271 g/mol. The summed E-state index contributed by atoms with van der Waals surface area (Å²) in [7, 11) is 0. The van der Waals surface area contributed by atoms with Crippen molar-refractivity contribution in [2.75, 3.05) is 13.1 Å². The lowest BCUT2D eigenvalue weighted by Crippen LogP contribution is -2.63. The van der Waals surface area contributed by atoms with Gasteiger partial charge in [0.05, 0.1) is 0 Å². The predicted molar refractivity (Wildman–Crippen MR) is 80.4 cm³/mol. The Balaban J connectivity index is 1.52. The zero-order valence-electron chi connectivity index (χ0n) is 12.2. The van der Waals surface area contributed by atoms with Crippen molar-refractivity contribution in [2.24, 2.45) is 5.92 Å². The van der Waals surface area contributed by atoms with E-state index in [1.807, 2.05) is 12.4 Å². The molecule has 108 valence electrons. The van der Waals surface area contributed by atoms with Gasteiger partial charge in [0.15, 0.2) is 0 Å². The SMILES string of the molecule is c1cncc(CN2CC3(CCCC3)NCC2C2CC2)c1. The summed E-state index contributed by atoms with van der Waals surface area (Å²) in [4.78, 5) is 7.04. The molecule has 2 saturated carbocycles. The van der Waals surface area contributed by atoms with Gasteiger partial charge in [-0.15, -0.1) is 0 Å². The molecule has 1 spiro atoms. The van der Waals surface area contributed by atoms with Gasteiger partial charge in [0.1, 0.15) is 0 Å². The molecule has 4 rings (SSSR count). The van der Waals surface area contributed by atoms with Gasteiger partial charge >= 0.3 is 0 Å². The molecule has 20 heavy (non-hydrogen) atoms. The van der Waals surface area contributed by atoms with Crippen LogP contribution in [0.3, 0.4) is 0 Å². The first kappa shape index (κ1) is 12.8. The van der Waals surface area contributed by atoms with Crippen LogP contribution in [0.4, 0.5) is 0 Å². The molecule has 3 fully saturated rings. The van der Waals surface area contributed by atoms with E-state index >= 15 is 0 Å². The maximum atomic E-state index is 4.28. The Morgan fingerprint density at radius 3 is 2.85 bits per heavy atom. The summed E-state index contributed by atoms with van der Waals surface area (Å²) >= 11 is 0. The molecule has 0 amide bonds. The van der Waals surface area contributed by atoms with E-state index in [1.165, 1.54) is 57.2 Å². The van der Waals surface area contributed by atoms with E-state index in [-0.39, 0.29) is 0 Å². The van der Waals surface area contributed by atoms with Gasteiger partial charge in [0.2, 0.25) is 0 Å². The first-order valence-corrected chi connectivity index (χ1v) is 8.23. The molecule has 0 bridgehead atoms. The zero-order chi connectivity index (χ0) is 13.4. The minimum atomic E-state index is 0.424. The van der Waals surface area contributed by atoms with Crippen molar-refractivity contribution in [3.8, 4) is 0 Å². The Bertz CT molecular complexity index is 449. The molecule has 3 nitrogen and oxygen atoms in total. The molecule has 1 aromatic heterocycles. The molecule has 2 aliphatic carbocycles. The van der Waals surface area contributed by atoms with Crippen LogP contribution >= 0.6 is 0 Å². The van der Waals surface area contributed by atoms with Gasteiger partial charge in [-0.2, -0.15) is 0 Å². The van der Waals surface area contributed by atoms with Crippen molar-refractivity contribution in [2.45, 2.75) is 56.7 Å². The third kappa shape index (κ3) is 2.49. The van der Waals surface area contributed by atoms with Crippen LogP contribution in [0.5, 0.6) is 0 Å². The number of aromatic nitrogens is 1. The number of nitrogens with one attached hydrogen (secondary N) is 1. The van der Waals surface area contributed by atoms with Crippen LogP contribution in [0.25, 0.3) is 0 Å². The summed E-state index contributed by atoms with van der Waals surface area (Å²) in [6.07, 6.45) is 12.3. The number of pyridine rings is 1. The van der Waals surface area contributed by atoms with Gasteiger partial charge in [-0.25, -0.2) is 0 Å². The molecule has 1 atom stereocenters. The molecule has 2 heterocycles. The third-order valence-electron chi connectivity index (χ3n) is 5.50. The lowest BCUT2D eigenvalue weighted by molar-refractivity contribution is 0.0626. The lowest BCUT2D eigenvalue weighted by atomic mass is 9.91. The van der Waals surface area contributed by atoms with Crippen LogP contribution in [0, 0.1) is 5.92 Å². The van der Waals surface area contributed by atoms with Gasteiger partial charge in [0.25, 0.3) is 0 Å². The van der Waals surface area contributed by atoms with E-state index in [2.05, 4.69) is 27.3 Å². The minimum absolute atomic E-state index is 0.424. The van der Waals surface area contributed by atoms with E-state index in [9.17, 15) is 0 Å². The van der Waals surface area contributed by atoms with Crippen LogP contribution in [0.2, 0.25) is 0 Å². The van der Waals surface area contributed by atoms with Crippen LogP contribution in [-0.2, 0) is 6.54 Å². The molecule has 3 heteroatoms.